The second-order valence-electron chi connectivity index (χ2n) is 10.1. The molecule has 0 spiro atoms. The number of amides is 2. The van der Waals surface area contributed by atoms with Gasteiger partial charge in [0.2, 0.25) is 11.8 Å². The maximum Gasteiger partial charge on any atom is 0.242 e. The zero-order valence-corrected chi connectivity index (χ0v) is 22.8. The summed E-state index contributed by atoms with van der Waals surface area (Å²) in [5.41, 5.74) is 10.1. The summed E-state index contributed by atoms with van der Waals surface area (Å²) in [5.74, 6) is 0.487. The van der Waals surface area contributed by atoms with Crippen molar-refractivity contribution in [3.63, 3.8) is 0 Å². The molecule has 7 nitrogen and oxygen atoms in total. The number of hydrogen-bond acceptors (Lipinski definition) is 5. The van der Waals surface area contributed by atoms with Crippen molar-refractivity contribution >= 4 is 42.4 Å². The minimum Gasteiger partial charge on any atom is -0.384 e. The zero-order chi connectivity index (χ0) is 24.2. The number of hydrogen-bond donors (Lipinski definition) is 4. The Morgan fingerprint density at radius 2 is 1.80 bits per heavy atom. The average Bonchev–Trinajstić information content (AvgIpc) is 3.21. The molecule has 5 N–H and O–H groups in total. The maximum atomic E-state index is 12.7. The van der Waals surface area contributed by atoms with E-state index in [4.69, 9.17) is 5.73 Å². The lowest BCUT2D eigenvalue weighted by Gasteiger charge is -2.19. The first-order valence-electron chi connectivity index (χ1n) is 11.7. The molecule has 0 unspecified atom stereocenters. The maximum absolute atomic E-state index is 12.7. The highest BCUT2D eigenvalue weighted by molar-refractivity contribution is 5.89. The van der Waals surface area contributed by atoms with E-state index >= 15 is 0 Å². The van der Waals surface area contributed by atoms with Crippen molar-refractivity contribution in [3.8, 4) is 0 Å². The molecule has 2 aromatic rings. The normalized spacial score (nSPS) is 18.1. The number of nitrogens with one attached hydrogen (secondary N) is 3. The van der Waals surface area contributed by atoms with Crippen LogP contribution < -0.4 is 21.7 Å². The molecule has 0 bridgehead atoms. The first-order chi connectivity index (χ1) is 15.5. The summed E-state index contributed by atoms with van der Waals surface area (Å²) in [7, 11) is 0. The van der Waals surface area contributed by atoms with Gasteiger partial charge in [-0.05, 0) is 67.3 Å². The molecule has 0 radical (unpaired) electrons. The molecular formula is C26H39Cl2N5O2. The number of aromatic nitrogens is 1. The number of anilines is 1. The van der Waals surface area contributed by atoms with Crippen molar-refractivity contribution in [1.82, 2.24) is 20.9 Å². The van der Waals surface area contributed by atoms with Crippen molar-refractivity contribution in [2.75, 3.05) is 12.3 Å². The zero-order valence-electron chi connectivity index (χ0n) is 21.2. The molecule has 194 valence electrons. The Balaban J connectivity index is 0.00000306. The summed E-state index contributed by atoms with van der Waals surface area (Å²) >= 11 is 0. The van der Waals surface area contributed by atoms with E-state index in [1.54, 1.807) is 13.0 Å². The smallest absolute Gasteiger partial charge is 0.242 e. The highest BCUT2D eigenvalue weighted by Crippen LogP contribution is 2.24. The van der Waals surface area contributed by atoms with Gasteiger partial charge in [0.05, 0.1) is 6.04 Å². The first kappa shape index (κ1) is 30.7. The van der Waals surface area contributed by atoms with Crippen LogP contribution >= 0.6 is 24.8 Å². The number of nitrogens with two attached hydrogens (primary N) is 1. The molecule has 0 saturated carbocycles. The molecule has 35 heavy (non-hydrogen) atoms. The first-order valence-corrected chi connectivity index (χ1v) is 11.7. The topological polar surface area (TPSA) is 109 Å². The van der Waals surface area contributed by atoms with E-state index in [0.717, 1.165) is 30.6 Å². The summed E-state index contributed by atoms with van der Waals surface area (Å²) in [5, 5.41) is 9.01. The molecule has 3 rings (SSSR count). The Bertz CT molecular complexity index is 992. The van der Waals surface area contributed by atoms with E-state index < -0.39 is 6.04 Å². The number of aryl methyl sites for hydroxylation is 1. The minimum atomic E-state index is -0.620. The number of nitrogens with zero attached hydrogens (tertiary/aromatic N) is 1. The number of nitrogen functional groups attached to an aromatic ring is 1. The van der Waals surface area contributed by atoms with Crippen LogP contribution in [0.3, 0.4) is 0 Å². The summed E-state index contributed by atoms with van der Waals surface area (Å²) in [6.45, 7) is 11.3. The highest BCUT2D eigenvalue weighted by atomic mass is 35.5. The average molecular weight is 525 g/mol. The Hall–Kier alpha value is -2.35. The lowest BCUT2D eigenvalue weighted by molar-refractivity contribution is -0.129. The van der Waals surface area contributed by atoms with Gasteiger partial charge in [0.1, 0.15) is 11.9 Å². The van der Waals surface area contributed by atoms with Crippen LogP contribution in [0.25, 0.3) is 0 Å². The van der Waals surface area contributed by atoms with Gasteiger partial charge >= 0.3 is 0 Å². The molecule has 3 atom stereocenters. The van der Waals surface area contributed by atoms with E-state index in [1.807, 2.05) is 13.0 Å². The van der Waals surface area contributed by atoms with Crippen molar-refractivity contribution < 1.29 is 9.59 Å². The number of carbonyl (C=O) groups excluding carboxylic acids is 2. The van der Waals surface area contributed by atoms with Gasteiger partial charge in [-0.15, -0.1) is 24.8 Å². The fraction of sp³-hybridized carbons (Fsp3) is 0.500. The summed E-state index contributed by atoms with van der Waals surface area (Å²) in [4.78, 5) is 29.4. The Labute approximate surface area is 221 Å². The minimum absolute atomic E-state index is 0. The van der Waals surface area contributed by atoms with Gasteiger partial charge in [-0.1, -0.05) is 51.1 Å². The number of carbonyl (C=O) groups is 2. The Morgan fingerprint density at radius 1 is 1.14 bits per heavy atom. The molecule has 2 amide bonds. The predicted molar refractivity (Wildman–Crippen MR) is 146 cm³/mol. The molecule has 2 heterocycles. The molecule has 1 saturated heterocycles. The molecule has 1 fully saturated rings. The largest absolute Gasteiger partial charge is 0.384 e. The third-order valence-corrected chi connectivity index (χ3v) is 6.30. The second-order valence-corrected chi connectivity index (χ2v) is 10.1. The third-order valence-electron chi connectivity index (χ3n) is 6.30. The summed E-state index contributed by atoms with van der Waals surface area (Å²) in [6.07, 6.45) is 1.70. The quantitative estimate of drug-likeness (QED) is 0.444. The summed E-state index contributed by atoms with van der Waals surface area (Å²) in [6, 6.07) is 11.4. The molecule has 0 aliphatic carbocycles. The van der Waals surface area contributed by atoms with Crippen LogP contribution in [0.4, 0.5) is 5.82 Å². The number of pyridine rings is 1. The van der Waals surface area contributed by atoms with E-state index in [0.29, 0.717) is 18.3 Å². The van der Waals surface area contributed by atoms with Crippen LogP contribution in [-0.2, 0) is 28.0 Å². The molecule has 1 aromatic heterocycles. The lowest BCUT2D eigenvalue weighted by atomic mass is 9.86. The van der Waals surface area contributed by atoms with Gasteiger partial charge in [0, 0.05) is 12.2 Å². The fourth-order valence-electron chi connectivity index (χ4n) is 4.15. The predicted octanol–water partition coefficient (Wildman–Crippen LogP) is 3.46. The second kappa shape index (κ2) is 13.1. The van der Waals surface area contributed by atoms with Crippen LogP contribution in [0.15, 0.2) is 36.4 Å². The van der Waals surface area contributed by atoms with Crippen LogP contribution in [0, 0.1) is 12.8 Å². The van der Waals surface area contributed by atoms with Crippen molar-refractivity contribution in [3.05, 3.63) is 58.8 Å². The number of rotatable bonds is 7. The van der Waals surface area contributed by atoms with Crippen molar-refractivity contribution in [1.29, 1.82) is 0 Å². The Kier molecular flexibility index (Phi) is 11.5. The standard InChI is InChI=1S/C26H37N5O2.2ClH/c1-16-20(8-11-23(27)30-16)15-29-24(32)17(2)31-25(33)22-13-19(14-28-22)12-18-6-9-21(10-7-18)26(3,4)5;;/h6-11,17,19,22,28H,12-15H2,1-5H3,(H2,27,30)(H,29,32)(H,31,33);2*1H/t17-,19-,22+;;/m0../s1. The molecule has 1 aliphatic rings. The number of halogens is 2. The molecule has 9 heteroatoms. The van der Waals surface area contributed by atoms with Gasteiger partial charge in [-0.3, -0.25) is 9.59 Å². The third kappa shape index (κ3) is 8.67. The van der Waals surface area contributed by atoms with E-state index in [2.05, 4.69) is 66.0 Å². The lowest BCUT2D eigenvalue weighted by Crippen LogP contribution is -2.50. The van der Waals surface area contributed by atoms with Crippen LogP contribution in [-0.4, -0.2) is 35.4 Å². The van der Waals surface area contributed by atoms with Crippen LogP contribution in [0.2, 0.25) is 0 Å². The Morgan fingerprint density at radius 3 is 2.40 bits per heavy atom. The van der Waals surface area contributed by atoms with Gasteiger partial charge in [-0.25, -0.2) is 4.98 Å². The van der Waals surface area contributed by atoms with Gasteiger partial charge < -0.3 is 21.7 Å². The SMILES string of the molecule is Cc1nc(N)ccc1CNC(=O)[C@H](C)NC(=O)[C@H]1C[C@H](Cc2ccc(C(C)(C)C)cc2)CN1.Cl.Cl. The van der Waals surface area contributed by atoms with Gasteiger partial charge in [0.15, 0.2) is 0 Å². The van der Waals surface area contributed by atoms with Gasteiger partial charge in [0.25, 0.3) is 0 Å². The fourth-order valence-corrected chi connectivity index (χ4v) is 4.15. The number of benzene rings is 1. The van der Waals surface area contributed by atoms with Crippen molar-refractivity contribution in [2.45, 2.75) is 71.5 Å². The highest BCUT2D eigenvalue weighted by Gasteiger charge is 2.31. The van der Waals surface area contributed by atoms with E-state index in [1.165, 1.54) is 11.1 Å². The monoisotopic (exact) mass is 523 g/mol. The van der Waals surface area contributed by atoms with Crippen molar-refractivity contribution in [2.24, 2.45) is 5.92 Å². The molecule has 1 aromatic carbocycles. The molecule has 1 aliphatic heterocycles. The molecular weight excluding hydrogens is 485 g/mol. The van der Waals surface area contributed by atoms with Crippen LogP contribution in [0.1, 0.15) is 56.5 Å². The van der Waals surface area contributed by atoms with E-state index in [-0.39, 0.29) is 48.1 Å². The van der Waals surface area contributed by atoms with E-state index in [9.17, 15) is 9.59 Å². The summed E-state index contributed by atoms with van der Waals surface area (Å²) < 4.78 is 0. The van der Waals surface area contributed by atoms with Gasteiger partial charge in [-0.2, -0.15) is 0 Å². The van der Waals surface area contributed by atoms with Crippen LogP contribution in [0.5, 0.6) is 0 Å².